The maximum atomic E-state index is 12.7. The number of rotatable bonds is 3. The lowest BCUT2D eigenvalue weighted by Gasteiger charge is -2.01. The van der Waals surface area contributed by atoms with Crippen molar-refractivity contribution >= 4 is 34.0 Å². The number of nitrogens with zero attached hydrogens (tertiary/aromatic N) is 3. The highest BCUT2D eigenvalue weighted by Gasteiger charge is 2.11. The van der Waals surface area contributed by atoms with Gasteiger partial charge in [0.05, 0.1) is 4.53 Å². The highest BCUT2D eigenvalue weighted by atomic mass is 35.5. The van der Waals surface area contributed by atoms with E-state index in [1.54, 1.807) is 18.2 Å². The van der Waals surface area contributed by atoms with Gasteiger partial charge in [0.25, 0.3) is 11.1 Å². The van der Waals surface area contributed by atoms with Gasteiger partial charge in [-0.1, -0.05) is 64.9 Å². The molecule has 134 valence electrons. The van der Waals surface area contributed by atoms with E-state index < -0.39 is 5.56 Å². The SMILES string of the molecule is Cc1ccc(Cc2nn3c(=O)/c(=C\c4cccc(Cl)c4)sc3nc2=O)cc1. The molecule has 0 aliphatic heterocycles. The molecule has 0 radical (unpaired) electrons. The van der Waals surface area contributed by atoms with Gasteiger partial charge in [-0.25, -0.2) is 0 Å². The maximum Gasteiger partial charge on any atom is 0.296 e. The Morgan fingerprint density at radius 1 is 1.15 bits per heavy atom. The average molecular weight is 396 g/mol. The molecule has 4 aromatic rings. The largest absolute Gasteiger partial charge is 0.296 e. The van der Waals surface area contributed by atoms with E-state index in [-0.39, 0.29) is 16.2 Å². The van der Waals surface area contributed by atoms with Gasteiger partial charge in [0.15, 0.2) is 0 Å². The summed E-state index contributed by atoms with van der Waals surface area (Å²) in [5, 5.41) is 4.85. The number of aromatic nitrogens is 3. The third-order valence-electron chi connectivity index (χ3n) is 4.09. The summed E-state index contributed by atoms with van der Waals surface area (Å²) in [6.07, 6.45) is 2.05. The molecule has 0 atom stereocenters. The lowest BCUT2D eigenvalue weighted by Crippen LogP contribution is -2.28. The molecule has 7 heteroatoms. The quantitative estimate of drug-likeness (QED) is 0.535. The van der Waals surface area contributed by atoms with Gasteiger partial charge in [-0.3, -0.25) is 9.59 Å². The zero-order chi connectivity index (χ0) is 19.0. The van der Waals surface area contributed by atoms with E-state index in [1.807, 2.05) is 43.3 Å². The fourth-order valence-electron chi connectivity index (χ4n) is 2.70. The zero-order valence-electron chi connectivity index (χ0n) is 14.3. The van der Waals surface area contributed by atoms with E-state index in [0.717, 1.165) is 28.0 Å². The van der Waals surface area contributed by atoms with E-state index in [4.69, 9.17) is 11.6 Å². The van der Waals surface area contributed by atoms with E-state index in [0.29, 0.717) is 16.0 Å². The predicted octanol–water partition coefficient (Wildman–Crippen LogP) is 2.61. The van der Waals surface area contributed by atoms with Crippen molar-refractivity contribution < 1.29 is 0 Å². The zero-order valence-corrected chi connectivity index (χ0v) is 15.9. The van der Waals surface area contributed by atoms with Crippen LogP contribution in [0.3, 0.4) is 0 Å². The second-order valence-corrected chi connectivity index (χ2v) is 7.64. The molecule has 27 heavy (non-hydrogen) atoms. The van der Waals surface area contributed by atoms with Gasteiger partial charge in [0.2, 0.25) is 4.96 Å². The number of benzene rings is 2. The summed E-state index contributed by atoms with van der Waals surface area (Å²) in [6.45, 7) is 2.00. The molecule has 4 rings (SSSR count). The molecule has 2 heterocycles. The van der Waals surface area contributed by atoms with E-state index in [9.17, 15) is 9.59 Å². The summed E-state index contributed by atoms with van der Waals surface area (Å²) >= 11 is 7.13. The minimum atomic E-state index is -0.411. The molecule has 0 saturated heterocycles. The molecule has 2 aromatic carbocycles. The molecule has 0 bridgehead atoms. The van der Waals surface area contributed by atoms with Crippen molar-refractivity contribution in [1.29, 1.82) is 0 Å². The molecule has 0 fully saturated rings. The minimum Gasteiger partial charge on any atom is -0.266 e. The smallest absolute Gasteiger partial charge is 0.266 e. The monoisotopic (exact) mass is 395 g/mol. The number of aryl methyl sites for hydroxylation is 1. The first-order valence-corrected chi connectivity index (χ1v) is 9.45. The van der Waals surface area contributed by atoms with Crippen LogP contribution in [0, 0.1) is 6.92 Å². The van der Waals surface area contributed by atoms with Crippen LogP contribution in [-0.4, -0.2) is 14.6 Å². The third-order valence-corrected chi connectivity index (χ3v) is 5.28. The fourth-order valence-corrected chi connectivity index (χ4v) is 3.80. The van der Waals surface area contributed by atoms with E-state index in [1.165, 1.54) is 4.52 Å². The van der Waals surface area contributed by atoms with Crippen LogP contribution in [0.15, 0.2) is 58.1 Å². The second-order valence-electron chi connectivity index (χ2n) is 6.19. The maximum absolute atomic E-state index is 12.7. The molecule has 0 unspecified atom stereocenters. The Morgan fingerprint density at radius 2 is 1.93 bits per heavy atom. The number of thiazole rings is 1. The highest BCUT2D eigenvalue weighted by molar-refractivity contribution is 7.15. The Kier molecular flexibility index (Phi) is 4.59. The minimum absolute atomic E-state index is 0.251. The first-order valence-electron chi connectivity index (χ1n) is 8.25. The molecule has 0 aliphatic carbocycles. The number of halogens is 1. The lowest BCUT2D eigenvalue weighted by molar-refractivity contribution is 0.811. The Hall–Kier alpha value is -2.83. The number of fused-ring (bicyclic) bond motifs is 1. The molecule has 0 aliphatic rings. The Morgan fingerprint density at radius 3 is 2.67 bits per heavy atom. The molecular weight excluding hydrogens is 382 g/mol. The summed E-state index contributed by atoms with van der Waals surface area (Å²) in [6, 6.07) is 15.0. The highest BCUT2D eigenvalue weighted by Crippen LogP contribution is 2.11. The topological polar surface area (TPSA) is 64.3 Å². The van der Waals surface area contributed by atoms with Crippen molar-refractivity contribution in [1.82, 2.24) is 14.6 Å². The molecule has 5 nitrogen and oxygen atoms in total. The average Bonchev–Trinajstić information content (AvgIpc) is 2.92. The van der Waals surface area contributed by atoms with Crippen molar-refractivity contribution in [2.75, 3.05) is 0 Å². The van der Waals surface area contributed by atoms with Crippen LogP contribution in [-0.2, 0) is 6.42 Å². The van der Waals surface area contributed by atoms with Gasteiger partial charge in [-0.2, -0.15) is 14.6 Å². The second kappa shape index (κ2) is 7.06. The Labute approximate surface area is 163 Å². The Bertz CT molecular complexity index is 1310. The van der Waals surface area contributed by atoms with Crippen LogP contribution in [0.5, 0.6) is 0 Å². The van der Waals surface area contributed by atoms with Crippen LogP contribution < -0.4 is 15.7 Å². The van der Waals surface area contributed by atoms with Gasteiger partial charge in [0, 0.05) is 11.4 Å². The normalized spacial score (nSPS) is 12.0. The molecular formula is C20H14ClN3O2S. The molecule has 0 N–H and O–H groups in total. The first-order chi connectivity index (χ1) is 13.0. The van der Waals surface area contributed by atoms with Gasteiger partial charge in [-0.05, 0) is 36.3 Å². The Balaban J connectivity index is 1.80. The predicted molar refractivity (Wildman–Crippen MR) is 108 cm³/mol. The van der Waals surface area contributed by atoms with Crippen LogP contribution in [0.1, 0.15) is 22.4 Å². The summed E-state index contributed by atoms with van der Waals surface area (Å²) < 4.78 is 1.65. The van der Waals surface area contributed by atoms with Crippen molar-refractivity contribution in [2.45, 2.75) is 13.3 Å². The molecule has 0 saturated carbocycles. The third kappa shape index (κ3) is 3.67. The van der Waals surface area contributed by atoms with Crippen LogP contribution in [0.4, 0.5) is 0 Å². The summed E-state index contributed by atoms with van der Waals surface area (Å²) in [5.74, 6) is 0. The van der Waals surface area contributed by atoms with E-state index in [2.05, 4.69) is 10.1 Å². The summed E-state index contributed by atoms with van der Waals surface area (Å²) in [5.41, 5.74) is 2.42. The molecule has 2 aromatic heterocycles. The summed E-state index contributed by atoms with van der Waals surface area (Å²) in [7, 11) is 0. The first kappa shape index (κ1) is 17.6. The van der Waals surface area contributed by atoms with E-state index >= 15 is 0 Å². The van der Waals surface area contributed by atoms with Crippen molar-refractivity contribution in [3.63, 3.8) is 0 Å². The standard InChI is InChI=1S/C20H14ClN3O2S/c1-12-5-7-13(8-6-12)10-16-18(25)22-20-24(23-16)19(26)17(27-20)11-14-3-2-4-15(21)9-14/h2-9,11H,10H2,1H3/b17-11+. The van der Waals surface area contributed by atoms with Gasteiger partial charge >= 0.3 is 0 Å². The van der Waals surface area contributed by atoms with Gasteiger partial charge in [0.1, 0.15) is 5.69 Å². The number of hydrogen-bond donors (Lipinski definition) is 0. The summed E-state index contributed by atoms with van der Waals surface area (Å²) in [4.78, 5) is 29.3. The lowest BCUT2D eigenvalue weighted by atomic mass is 10.1. The van der Waals surface area contributed by atoms with Crippen molar-refractivity contribution in [3.05, 3.63) is 101 Å². The van der Waals surface area contributed by atoms with Crippen molar-refractivity contribution in [2.24, 2.45) is 0 Å². The van der Waals surface area contributed by atoms with Crippen LogP contribution in [0.2, 0.25) is 5.02 Å². The fraction of sp³-hybridized carbons (Fsp3) is 0.100. The molecule has 0 amide bonds. The van der Waals surface area contributed by atoms with Gasteiger partial charge < -0.3 is 0 Å². The van der Waals surface area contributed by atoms with Crippen LogP contribution >= 0.6 is 22.9 Å². The van der Waals surface area contributed by atoms with Gasteiger partial charge in [-0.15, -0.1) is 0 Å². The molecule has 0 spiro atoms. The van der Waals surface area contributed by atoms with Crippen molar-refractivity contribution in [3.8, 4) is 0 Å². The number of hydrogen-bond acceptors (Lipinski definition) is 5. The van der Waals surface area contributed by atoms with Crippen LogP contribution in [0.25, 0.3) is 11.0 Å².